The number of fused-ring (bicyclic) bond motifs is 1. The first kappa shape index (κ1) is 16.1. The molecular weight excluding hydrogens is 288 g/mol. The molecule has 0 N–H and O–H groups in total. The van der Waals surface area contributed by atoms with E-state index in [1.165, 1.54) is 0 Å². The molecule has 0 unspecified atom stereocenters. The van der Waals surface area contributed by atoms with E-state index in [1.54, 1.807) is 7.11 Å². The SMILES string of the molecule is CCOC(C)(C)Cn1c(CCCl)nc2c(OC)cccc21. The highest BCUT2D eigenvalue weighted by molar-refractivity contribution is 6.17. The predicted molar refractivity (Wildman–Crippen MR) is 86.4 cm³/mol. The molecular formula is C16H23ClN2O2. The number of alkyl halides is 1. The van der Waals surface area contributed by atoms with Crippen LogP contribution in [0.25, 0.3) is 11.0 Å². The number of hydrogen-bond acceptors (Lipinski definition) is 3. The Hall–Kier alpha value is -1.26. The molecule has 0 bridgehead atoms. The van der Waals surface area contributed by atoms with Gasteiger partial charge in [-0.3, -0.25) is 0 Å². The van der Waals surface area contributed by atoms with Crippen molar-refractivity contribution in [2.45, 2.75) is 39.3 Å². The number of para-hydroxylation sites is 1. The maximum absolute atomic E-state index is 5.93. The summed E-state index contributed by atoms with van der Waals surface area (Å²) in [4.78, 5) is 4.72. The molecule has 0 aliphatic rings. The van der Waals surface area contributed by atoms with Crippen molar-refractivity contribution in [3.63, 3.8) is 0 Å². The minimum absolute atomic E-state index is 0.257. The van der Waals surface area contributed by atoms with Gasteiger partial charge in [-0.2, -0.15) is 0 Å². The van der Waals surface area contributed by atoms with Gasteiger partial charge in [0, 0.05) is 18.9 Å². The number of nitrogens with zero attached hydrogens (tertiary/aromatic N) is 2. The lowest BCUT2D eigenvalue weighted by molar-refractivity contribution is -0.0221. The zero-order valence-corrected chi connectivity index (χ0v) is 13.9. The van der Waals surface area contributed by atoms with Crippen molar-refractivity contribution < 1.29 is 9.47 Å². The molecule has 21 heavy (non-hydrogen) atoms. The molecule has 0 radical (unpaired) electrons. The number of hydrogen-bond donors (Lipinski definition) is 0. The van der Waals surface area contributed by atoms with E-state index in [0.717, 1.165) is 35.6 Å². The van der Waals surface area contributed by atoms with E-state index in [-0.39, 0.29) is 5.60 Å². The molecule has 5 heteroatoms. The van der Waals surface area contributed by atoms with E-state index in [2.05, 4.69) is 24.5 Å². The lowest BCUT2D eigenvalue weighted by atomic mass is 10.1. The fraction of sp³-hybridized carbons (Fsp3) is 0.562. The molecule has 1 aromatic carbocycles. The van der Waals surface area contributed by atoms with Gasteiger partial charge < -0.3 is 14.0 Å². The summed E-state index contributed by atoms with van der Waals surface area (Å²) in [6.07, 6.45) is 0.724. The number of halogens is 1. The van der Waals surface area contributed by atoms with Crippen LogP contribution in [-0.2, 0) is 17.7 Å². The highest BCUT2D eigenvalue weighted by Crippen LogP contribution is 2.28. The van der Waals surface area contributed by atoms with Crippen LogP contribution in [0.3, 0.4) is 0 Å². The summed E-state index contributed by atoms with van der Waals surface area (Å²) in [5, 5.41) is 0. The molecule has 1 aromatic heterocycles. The second-order valence-electron chi connectivity index (χ2n) is 5.57. The van der Waals surface area contributed by atoms with Gasteiger partial charge in [-0.25, -0.2) is 4.98 Å². The van der Waals surface area contributed by atoms with Gasteiger partial charge >= 0.3 is 0 Å². The molecule has 1 heterocycles. The number of methoxy groups -OCH3 is 1. The van der Waals surface area contributed by atoms with Gasteiger partial charge in [-0.05, 0) is 32.9 Å². The number of rotatable bonds is 7. The molecule has 0 aliphatic heterocycles. The number of ether oxygens (including phenoxy) is 2. The number of benzene rings is 1. The van der Waals surface area contributed by atoms with Crippen molar-refractivity contribution in [1.82, 2.24) is 9.55 Å². The Morgan fingerprint density at radius 1 is 1.33 bits per heavy atom. The highest BCUT2D eigenvalue weighted by atomic mass is 35.5. The van der Waals surface area contributed by atoms with Crippen LogP contribution < -0.4 is 4.74 Å². The molecule has 0 saturated carbocycles. The Morgan fingerprint density at radius 2 is 2.10 bits per heavy atom. The van der Waals surface area contributed by atoms with E-state index in [0.29, 0.717) is 12.5 Å². The van der Waals surface area contributed by atoms with Crippen molar-refractivity contribution in [3.8, 4) is 5.75 Å². The zero-order chi connectivity index (χ0) is 15.5. The Kier molecular flexibility index (Phi) is 5.12. The number of aromatic nitrogens is 2. The average molecular weight is 311 g/mol. The first-order valence-corrected chi connectivity index (χ1v) is 7.78. The third-order valence-electron chi connectivity index (χ3n) is 3.43. The van der Waals surface area contributed by atoms with Crippen molar-refractivity contribution in [2.24, 2.45) is 0 Å². The second kappa shape index (κ2) is 6.67. The fourth-order valence-electron chi connectivity index (χ4n) is 2.60. The van der Waals surface area contributed by atoms with Crippen LogP contribution in [0.15, 0.2) is 18.2 Å². The monoisotopic (exact) mass is 310 g/mol. The Morgan fingerprint density at radius 3 is 2.71 bits per heavy atom. The molecule has 0 spiro atoms. The second-order valence-corrected chi connectivity index (χ2v) is 5.95. The summed E-state index contributed by atoms with van der Waals surface area (Å²) < 4.78 is 13.4. The molecule has 2 aromatic rings. The first-order valence-electron chi connectivity index (χ1n) is 7.24. The highest BCUT2D eigenvalue weighted by Gasteiger charge is 2.23. The van der Waals surface area contributed by atoms with Crippen molar-refractivity contribution >= 4 is 22.6 Å². The standard InChI is InChI=1S/C16H23ClN2O2/c1-5-21-16(2,3)11-19-12-7-6-8-13(20-4)15(12)18-14(19)9-10-17/h6-8H,5,9-11H2,1-4H3. The van der Waals surface area contributed by atoms with E-state index in [4.69, 9.17) is 26.1 Å². The Labute approximate surface area is 131 Å². The summed E-state index contributed by atoms with van der Waals surface area (Å²) in [6.45, 7) is 7.61. The van der Waals surface area contributed by atoms with E-state index >= 15 is 0 Å². The van der Waals surface area contributed by atoms with Crippen LogP contribution in [0, 0.1) is 0 Å². The van der Waals surface area contributed by atoms with Gasteiger partial charge in [0.15, 0.2) is 0 Å². The van der Waals surface area contributed by atoms with Crippen LogP contribution in [0.2, 0.25) is 0 Å². The van der Waals surface area contributed by atoms with Gasteiger partial charge in [0.05, 0.1) is 24.8 Å². The van der Waals surface area contributed by atoms with E-state index < -0.39 is 0 Å². The third-order valence-corrected chi connectivity index (χ3v) is 3.62. The molecule has 0 aliphatic carbocycles. The normalized spacial score (nSPS) is 12.0. The zero-order valence-electron chi connectivity index (χ0n) is 13.1. The van der Waals surface area contributed by atoms with Gasteiger partial charge in [0.25, 0.3) is 0 Å². The van der Waals surface area contributed by atoms with Crippen LogP contribution in [-0.4, -0.2) is 34.7 Å². The topological polar surface area (TPSA) is 36.3 Å². The minimum Gasteiger partial charge on any atom is -0.494 e. The number of aryl methyl sites for hydroxylation is 1. The average Bonchev–Trinajstić information content (AvgIpc) is 2.77. The molecule has 0 atom stereocenters. The molecule has 0 saturated heterocycles. The summed E-state index contributed by atoms with van der Waals surface area (Å²) in [7, 11) is 1.67. The fourth-order valence-corrected chi connectivity index (χ4v) is 2.77. The summed E-state index contributed by atoms with van der Waals surface area (Å²) in [6, 6.07) is 5.97. The summed E-state index contributed by atoms with van der Waals surface area (Å²) in [5.74, 6) is 2.30. The molecule has 4 nitrogen and oxygen atoms in total. The van der Waals surface area contributed by atoms with Gasteiger partial charge in [0.2, 0.25) is 0 Å². The first-order chi connectivity index (χ1) is 10.0. The maximum Gasteiger partial charge on any atom is 0.146 e. The van der Waals surface area contributed by atoms with Crippen LogP contribution in [0.1, 0.15) is 26.6 Å². The molecule has 0 fully saturated rings. The summed E-state index contributed by atoms with van der Waals surface area (Å²) in [5.41, 5.74) is 1.68. The van der Waals surface area contributed by atoms with Crippen LogP contribution in [0.5, 0.6) is 5.75 Å². The molecule has 116 valence electrons. The quantitative estimate of drug-likeness (QED) is 0.733. The van der Waals surface area contributed by atoms with Crippen molar-refractivity contribution in [2.75, 3.05) is 19.6 Å². The van der Waals surface area contributed by atoms with Gasteiger partial charge in [-0.15, -0.1) is 11.6 Å². The van der Waals surface area contributed by atoms with E-state index in [1.807, 2.05) is 19.1 Å². The van der Waals surface area contributed by atoms with Gasteiger partial charge in [0.1, 0.15) is 17.1 Å². The third kappa shape index (κ3) is 3.50. The largest absolute Gasteiger partial charge is 0.494 e. The smallest absolute Gasteiger partial charge is 0.146 e. The van der Waals surface area contributed by atoms with Crippen LogP contribution in [0.4, 0.5) is 0 Å². The Balaban J connectivity index is 2.51. The lowest BCUT2D eigenvalue weighted by Crippen LogP contribution is -2.31. The molecule has 2 rings (SSSR count). The van der Waals surface area contributed by atoms with Crippen molar-refractivity contribution in [1.29, 1.82) is 0 Å². The molecule has 0 amide bonds. The number of imidazole rings is 1. The predicted octanol–water partition coefficient (Wildman–Crippen LogP) is 3.64. The van der Waals surface area contributed by atoms with Gasteiger partial charge in [-0.1, -0.05) is 6.07 Å². The lowest BCUT2D eigenvalue weighted by Gasteiger charge is -2.26. The summed E-state index contributed by atoms with van der Waals surface area (Å²) >= 11 is 5.93. The van der Waals surface area contributed by atoms with E-state index in [9.17, 15) is 0 Å². The van der Waals surface area contributed by atoms with Crippen LogP contribution >= 0.6 is 11.6 Å². The van der Waals surface area contributed by atoms with Crippen molar-refractivity contribution in [3.05, 3.63) is 24.0 Å². The minimum atomic E-state index is -0.257. The maximum atomic E-state index is 5.93. The Bertz CT molecular complexity index is 608.